The van der Waals surface area contributed by atoms with Crippen molar-refractivity contribution < 1.29 is 4.39 Å². The van der Waals surface area contributed by atoms with Crippen molar-refractivity contribution in [3.63, 3.8) is 0 Å². The fourth-order valence-electron chi connectivity index (χ4n) is 2.66. The van der Waals surface area contributed by atoms with Gasteiger partial charge >= 0.3 is 0 Å². The summed E-state index contributed by atoms with van der Waals surface area (Å²) in [7, 11) is 2.16. The molecule has 0 amide bonds. The van der Waals surface area contributed by atoms with Crippen LogP contribution in [-0.4, -0.2) is 38.1 Å². The van der Waals surface area contributed by atoms with Gasteiger partial charge in [-0.15, -0.1) is 0 Å². The molecule has 0 atom stereocenters. The van der Waals surface area contributed by atoms with Crippen LogP contribution in [0.2, 0.25) is 0 Å². The Balaban J connectivity index is 1.68. The van der Waals surface area contributed by atoms with Crippen molar-refractivity contribution in [3.8, 4) is 0 Å². The molecule has 0 bridgehead atoms. The first-order valence-corrected chi connectivity index (χ1v) is 7.68. The van der Waals surface area contributed by atoms with Crippen molar-refractivity contribution >= 4 is 17.8 Å². The number of piperazine rings is 1. The number of rotatable bonds is 3. The van der Waals surface area contributed by atoms with E-state index in [1.54, 1.807) is 12.1 Å². The fourth-order valence-corrected chi connectivity index (χ4v) is 2.66. The van der Waals surface area contributed by atoms with Gasteiger partial charge in [0.25, 0.3) is 0 Å². The summed E-state index contributed by atoms with van der Waals surface area (Å²) in [5.74, 6) is -0.187. The van der Waals surface area contributed by atoms with Crippen LogP contribution in [0.15, 0.2) is 48.5 Å². The predicted octanol–water partition coefficient (Wildman–Crippen LogP) is 3.75. The van der Waals surface area contributed by atoms with Crippen LogP contribution < -0.4 is 4.90 Å². The van der Waals surface area contributed by atoms with Gasteiger partial charge in [-0.1, -0.05) is 42.5 Å². The van der Waals surface area contributed by atoms with Crippen molar-refractivity contribution in [1.82, 2.24) is 4.90 Å². The zero-order chi connectivity index (χ0) is 15.4. The molecule has 1 fully saturated rings. The number of hydrogen-bond acceptors (Lipinski definition) is 2. The minimum absolute atomic E-state index is 0.187. The molecular weight excluding hydrogens is 275 g/mol. The molecule has 0 unspecified atom stereocenters. The monoisotopic (exact) mass is 296 g/mol. The van der Waals surface area contributed by atoms with E-state index in [2.05, 4.69) is 41.1 Å². The van der Waals surface area contributed by atoms with Gasteiger partial charge in [0.15, 0.2) is 0 Å². The minimum Gasteiger partial charge on any atom is -0.369 e. The smallest absolute Gasteiger partial charge is 0.130 e. The number of hydrogen-bond donors (Lipinski definition) is 0. The van der Waals surface area contributed by atoms with Crippen LogP contribution in [-0.2, 0) is 0 Å². The van der Waals surface area contributed by atoms with E-state index >= 15 is 0 Å². The van der Waals surface area contributed by atoms with Gasteiger partial charge in [0.1, 0.15) is 5.82 Å². The zero-order valence-corrected chi connectivity index (χ0v) is 12.9. The minimum atomic E-state index is -0.187. The molecule has 1 heterocycles. The third kappa shape index (κ3) is 3.55. The van der Waals surface area contributed by atoms with Crippen LogP contribution in [0, 0.1) is 5.82 Å². The second kappa shape index (κ2) is 6.75. The van der Waals surface area contributed by atoms with E-state index < -0.39 is 0 Å². The highest BCUT2D eigenvalue weighted by atomic mass is 19.1. The third-order valence-electron chi connectivity index (χ3n) is 4.12. The lowest BCUT2D eigenvalue weighted by atomic mass is 10.1. The summed E-state index contributed by atoms with van der Waals surface area (Å²) in [5, 5.41) is 0. The van der Waals surface area contributed by atoms with Crippen LogP contribution in [0.4, 0.5) is 10.1 Å². The second-order valence-electron chi connectivity index (χ2n) is 5.74. The first-order chi connectivity index (χ1) is 10.7. The van der Waals surface area contributed by atoms with E-state index in [-0.39, 0.29) is 5.82 Å². The Morgan fingerprint density at radius 1 is 0.864 bits per heavy atom. The normalized spacial score (nSPS) is 16.4. The number of likely N-dealkylation sites (N-methyl/N-ethyl adjacent to an activating group) is 1. The van der Waals surface area contributed by atoms with E-state index in [0.717, 1.165) is 31.7 Å². The standard InChI is InChI=1S/C19H21FN2/c1-21-12-14-22(15-13-21)18-10-7-16(8-11-18)6-9-17-4-2-3-5-19(17)20/h2-11H,12-15H2,1H3/b9-6+. The predicted molar refractivity (Wildman–Crippen MR) is 91.5 cm³/mol. The average Bonchev–Trinajstić information content (AvgIpc) is 2.55. The molecule has 0 spiro atoms. The molecule has 2 aromatic rings. The molecule has 2 nitrogen and oxygen atoms in total. The largest absolute Gasteiger partial charge is 0.369 e. The Kier molecular flexibility index (Phi) is 4.54. The summed E-state index contributed by atoms with van der Waals surface area (Å²) in [5.41, 5.74) is 2.96. The molecule has 3 heteroatoms. The summed E-state index contributed by atoms with van der Waals surface area (Å²) in [6, 6.07) is 15.3. The van der Waals surface area contributed by atoms with Crippen LogP contribution in [0.5, 0.6) is 0 Å². The molecule has 1 saturated heterocycles. The maximum atomic E-state index is 13.6. The molecule has 1 aliphatic rings. The number of nitrogens with zero attached hydrogens (tertiary/aromatic N) is 2. The van der Waals surface area contributed by atoms with E-state index in [4.69, 9.17) is 0 Å². The van der Waals surface area contributed by atoms with Crippen molar-refractivity contribution in [2.24, 2.45) is 0 Å². The quantitative estimate of drug-likeness (QED) is 0.796. The zero-order valence-electron chi connectivity index (χ0n) is 12.9. The molecule has 0 aliphatic carbocycles. The summed E-state index contributed by atoms with van der Waals surface area (Å²) >= 11 is 0. The van der Waals surface area contributed by atoms with Gasteiger partial charge in [-0.05, 0) is 30.8 Å². The Bertz CT molecular complexity index is 641. The van der Waals surface area contributed by atoms with E-state index in [9.17, 15) is 4.39 Å². The molecule has 0 N–H and O–H groups in total. The topological polar surface area (TPSA) is 6.48 Å². The van der Waals surface area contributed by atoms with Crippen LogP contribution in [0.25, 0.3) is 12.2 Å². The van der Waals surface area contributed by atoms with Gasteiger partial charge in [0, 0.05) is 37.4 Å². The Morgan fingerprint density at radius 2 is 1.55 bits per heavy atom. The van der Waals surface area contributed by atoms with Crippen LogP contribution >= 0.6 is 0 Å². The molecule has 1 aliphatic heterocycles. The number of benzene rings is 2. The van der Waals surface area contributed by atoms with Gasteiger partial charge in [0.2, 0.25) is 0 Å². The number of halogens is 1. The third-order valence-corrected chi connectivity index (χ3v) is 4.12. The lowest BCUT2D eigenvalue weighted by Gasteiger charge is -2.34. The second-order valence-corrected chi connectivity index (χ2v) is 5.74. The van der Waals surface area contributed by atoms with Crippen LogP contribution in [0.3, 0.4) is 0 Å². The summed E-state index contributed by atoms with van der Waals surface area (Å²) in [6.07, 6.45) is 3.77. The highest BCUT2D eigenvalue weighted by Gasteiger charge is 2.13. The van der Waals surface area contributed by atoms with Crippen molar-refractivity contribution in [2.75, 3.05) is 38.1 Å². The Morgan fingerprint density at radius 3 is 2.23 bits per heavy atom. The molecule has 114 valence electrons. The lowest BCUT2D eigenvalue weighted by Crippen LogP contribution is -2.44. The molecule has 2 aromatic carbocycles. The SMILES string of the molecule is CN1CCN(c2ccc(/C=C/c3ccccc3F)cc2)CC1. The number of anilines is 1. The first-order valence-electron chi connectivity index (χ1n) is 7.68. The van der Waals surface area contributed by atoms with E-state index in [1.807, 2.05) is 18.2 Å². The summed E-state index contributed by atoms with van der Waals surface area (Å²) in [6.45, 7) is 4.35. The summed E-state index contributed by atoms with van der Waals surface area (Å²) in [4.78, 5) is 4.76. The summed E-state index contributed by atoms with van der Waals surface area (Å²) < 4.78 is 13.6. The molecule has 3 rings (SSSR count). The molecule has 22 heavy (non-hydrogen) atoms. The Labute approximate surface area is 131 Å². The van der Waals surface area contributed by atoms with Crippen molar-refractivity contribution in [3.05, 3.63) is 65.5 Å². The van der Waals surface area contributed by atoms with Gasteiger partial charge in [-0.25, -0.2) is 4.39 Å². The lowest BCUT2D eigenvalue weighted by molar-refractivity contribution is 0.313. The van der Waals surface area contributed by atoms with Gasteiger partial charge in [-0.3, -0.25) is 0 Å². The van der Waals surface area contributed by atoms with Gasteiger partial charge in [0.05, 0.1) is 0 Å². The Hall–Kier alpha value is -2.13. The van der Waals surface area contributed by atoms with Gasteiger partial charge in [-0.2, -0.15) is 0 Å². The molecule has 0 saturated carbocycles. The maximum Gasteiger partial charge on any atom is 0.130 e. The van der Waals surface area contributed by atoms with Crippen LogP contribution in [0.1, 0.15) is 11.1 Å². The van der Waals surface area contributed by atoms with Gasteiger partial charge < -0.3 is 9.80 Å². The van der Waals surface area contributed by atoms with Crippen molar-refractivity contribution in [1.29, 1.82) is 0 Å². The maximum absolute atomic E-state index is 13.6. The highest BCUT2D eigenvalue weighted by molar-refractivity contribution is 5.70. The van der Waals surface area contributed by atoms with E-state index in [1.165, 1.54) is 11.8 Å². The first kappa shape index (κ1) is 14.8. The van der Waals surface area contributed by atoms with Crippen molar-refractivity contribution in [2.45, 2.75) is 0 Å². The molecule has 0 aromatic heterocycles. The molecule has 0 radical (unpaired) electrons. The fraction of sp³-hybridized carbons (Fsp3) is 0.263. The highest BCUT2D eigenvalue weighted by Crippen LogP contribution is 2.18. The average molecular weight is 296 g/mol. The molecular formula is C19H21FN2. The van der Waals surface area contributed by atoms with E-state index in [0.29, 0.717) is 5.56 Å².